The van der Waals surface area contributed by atoms with E-state index in [1.807, 2.05) is 0 Å². The summed E-state index contributed by atoms with van der Waals surface area (Å²) in [5, 5.41) is 20.4. The summed E-state index contributed by atoms with van der Waals surface area (Å²) in [6, 6.07) is 5.99. The number of non-ortho nitro benzene ring substituents is 1. The minimum Gasteiger partial charge on any atom is -0.488 e. The van der Waals surface area contributed by atoms with Crippen LogP contribution in [0.4, 0.5) is 5.69 Å². The fourth-order valence-corrected chi connectivity index (χ4v) is 2.21. The number of aliphatic hydroxyl groups excluding tert-OH is 1. The zero-order valence-electron chi connectivity index (χ0n) is 10.1. The molecule has 1 N–H and O–H groups in total. The molecule has 2 unspecified atom stereocenters. The summed E-state index contributed by atoms with van der Waals surface area (Å²) in [6.45, 7) is 0. The van der Waals surface area contributed by atoms with E-state index in [4.69, 9.17) is 4.74 Å². The standard InChI is InChI=1S/C13H17NO4/c15-12-4-2-1-3-5-13(12)18-11-8-6-10(7-9-11)14(16)17/h6-9,12-13,15H,1-5H2. The molecule has 5 nitrogen and oxygen atoms in total. The number of hydrogen-bond acceptors (Lipinski definition) is 4. The Hall–Kier alpha value is -1.62. The molecule has 1 aliphatic rings. The topological polar surface area (TPSA) is 72.6 Å². The minimum atomic E-state index is -0.442. The Morgan fingerprint density at radius 3 is 2.50 bits per heavy atom. The lowest BCUT2D eigenvalue weighted by Crippen LogP contribution is -2.30. The maximum atomic E-state index is 10.5. The largest absolute Gasteiger partial charge is 0.488 e. The van der Waals surface area contributed by atoms with Crippen LogP contribution in [0, 0.1) is 10.1 Å². The van der Waals surface area contributed by atoms with Crippen LogP contribution in [0.3, 0.4) is 0 Å². The molecule has 5 heteroatoms. The highest BCUT2D eigenvalue weighted by Crippen LogP contribution is 2.24. The fraction of sp³-hybridized carbons (Fsp3) is 0.538. The summed E-state index contributed by atoms with van der Waals surface area (Å²) in [5.74, 6) is 0.576. The zero-order chi connectivity index (χ0) is 13.0. The molecule has 1 aromatic carbocycles. The molecule has 1 aromatic rings. The summed E-state index contributed by atoms with van der Waals surface area (Å²) in [4.78, 5) is 10.1. The van der Waals surface area contributed by atoms with E-state index < -0.39 is 11.0 Å². The second kappa shape index (κ2) is 5.82. The monoisotopic (exact) mass is 251 g/mol. The maximum absolute atomic E-state index is 10.5. The molecule has 0 heterocycles. The number of rotatable bonds is 3. The van der Waals surface area contributed by atoms with Crippen molar-refractivity contribution in [2.24, 2.45) is 0 Å². The Morgan fingerprint density at radius 1 is 1.17 bits per heavy atom. The molecule has 0 aromatic heterocycles. The Balaban J connectivity index is 2.01. The van der Waals surface area contributed by atoms with Gasteiger partial charge in [0.25, 0.3) is 5.69 Å². The fourth-order valence-electron chi connectivity index (χ4n) is 2.21. The van der Waals surface area contributed by atoms with Gasteiger partial charge in [-0.2, -0.15) is 0 Å². The molecule has 1 saturated carbocycles. The number of nitro benzene ring substituents is 1. The van der Waals surface area contributed by atoms with Crippen LogP contribution in [0.1, 0.15) is 32.1 Å². The highest BCUT2D eigenvalue weighted by Gasteiger charge is 2.23. The molecule has 1 fully saturated rings. The van der Waals surface area contributed by atoms with Crippen molar-refractivity contribution in [2.75, 3.05) is 0 Å². The van der Waals surface area contributed by atoms with E-state index in [2.05, 4.69) is 0 Å². The van der Waals surface area contributed by atoms with Crippen LogP contribution in [0.2, 0.25) is 0 Å². The molecule has 98 valence electrons. The van der Waals surface area contributed by atoms with E-state index in [1.54, 1.807) is 12.1 Å². The van der Waals surface area contributed by atoms with Gasteiger partial charge in [-0.3, -0.25) is 10.1 Å². The lowest BCUT2D eigenvalue weighted by Gasteiger charge is -2.21. The second-order valence-corrected chi connectivity index (χ2v) is 4.61. The molecular formula is C13H17NO4. The predicted molar refractivity (Wildman–Crippen MR) is 66.6 cm³/mol. The van der Waals surface area contributed by atoms with Gasteiger partial charge in [0.05, 0.1) is 11.0 Å². The lowest BCUT2D eigenvalue weighted by molar-refractivity contribution is -0.384. The third-order valence-corrected chi connectivity index (χ3v) is 3.25. The zero-order valence-corrected chi connectivity index (χ0v) is 10.1. The maximum Gasteiger partial charge on any atom is 0.269 e. The molecule has 0 saturated heterocycles. The number of hydrogen-bond donors (Lipinski definition) is 1. The first-order valence-electron chi connectivity index (χ1n) is 6.26. The van der Waals surface area contributed by atoms with Gasteiger partial charge in [0.1, 0.15) is 11.9 Å². The third-order valence-electron chi connectivity index (χ3n) is 3.25. The molecule has 0 spiro atoms. The second-order valence-electron chi connectivity index (χ2n) is 4.61. The van der Waals surface area contributed by atoms with Gasteiger partial charge in [-0.05, 0) is 31.4 Å². The van der Waals surface area contributed by atoms with Crippen molar-refractivity contribution in [3.05, 3.63) is 34.4 Å². The van der Waals surface area contributed by atoms with Gasteiger partial charge in [0.2, 0.25) is 0 Å². The Kier molecular flexibility index (Phi) is 4.15. The van der Waals surface area contributed by atoms with Crippen molar-refractivity contribution in [1.29, 1.82) is 0 Å². The highest BCUT2D eigenvalue weighted by atomic mass is 16.6. The van der Waals surface area contributed by atoms with E-state index in [9.17, 15) is 15.2 Å². The van der Waals surface area contributed by atoms with Gasteiger partial charge in [-0.15, -0.1) is 0 Å². The number of aliphatic hydroxyl groups is 1. The summed E-state index contributed by atoms with van der Waals surface area (Å²) in [5.41, 5.74) is 0.0452. The van der Waals surface area contributed by atoms with Crippen molar-refractivity contribution in [1.82, 2.24) is 0 Å². The van der Waals surface area contributed by atoms with Gasteiger partial charge in [-0.1, -0.05) is 12.8 Å². The van der Waals surface area contributed by atoms with Crippen LogP contribution in [0.15, 0.2) is 24.3 Å². The molecule has 0 bridgehead atoms. The van der Waals surface area contributed by atoms with Crippen molar-refractivity contribution in [3.8, 4) is 5.75 Å². The third kappa shape index (κ3) is 3.20. The molecular weight excluding hydrogens is 234 g/mol. The smallest absolute Gasteiger partial charge is 0.269 e. The van der Waals surface area contributed by atoms with Crippen LogP contribution >= 0.6 is 0 Å². The Labute approximate surface area is 106 Å². The van der Waals surface area contributed by atoms with Gasteiger partial charge in [0.15, 0.2) is 0 Å². The van der Waals surface area contributed by atoms with Gasteiger partial charge in [-0.25, -0.2) is 0 Å². The molecule has 2 rings (SSSR count). The van der Waals surface area contributed by atoms with Crippen molar-refractivity contribution in [2.45, 2.75) is 44.3 Å². The number of nitrogens with zero attached hydrogens (tertiary/aromatic N) is 1. The first-order chi connectivity index (χ1) is 8.66. The van der Waals surface area contributed by atoms with E-state index in [1.165, 1.54) is 12.1 Å². The van der Waals surface area contributed by atoms with Gasteiger partial charge < -0.3 is 9.84 Å². The van der Waals surface area contributed by atoms with E-state index >= 15 is 0 Å². The quantitative estimate of drug-likeness (QED) is 0.509. The van der Waals surface area contributed by atoms with Crippen LogP contribution in [-0.2, 0) is 0 Å². The number of benzene rings is 1. The minimum absolute atomic E-state index is 0.0452. The summed E-state index contributed by atoms with van der Waals surface area (Å²) in [6.07, 6.45) is 4.15. The number of nitro groups is 1. The Bertz CT molecular complexity index is 404. The molecule has 0 aliphatic heterocycles. The van der Waals surface area contributed by atoms with Crippen LogP contribution in [0.5, 0.6) is 5.75 Å². The molecule has 18 heavy (non-hydrogen) atoms. The highest BCUT2D eigenvalue weighted by molar-refractivity contribution is 5.36. The molecule has 0 amide bonds. The van der Waals surface area contributed by atoms with Crippen LogP contribution < -0.4 is 4.74 Å². The van der Waals surface area contributed by atoms with Crippen molar-refractivity contribution < 1.29 is 14.8 Å². The molecule has 1 aliphatic carbocycles. The van der Waals surface area contributed by atoms with Crippen molar-refractivity contribution in [3.63, 3.8) is 0 Å². The predicted octanol–water partition coefficient (Wildman–Crippen LogP) is 2.67. The van der Waals surface area contributed by atoms with E-state index in [-0.39, 0.29) is 11.8 Å². The van der Waals surface area contributed by atoms with Crippen LogP contribution in [0.25, 0.3) is 0 Å². The van der Waals surface area contributed by atoms with Crippen LogP contribution in [-0.4, -0.2) is 22.2 Å². The first-order valence-corrected chi connectivity index (χ1v) is 6.26. The van der Waals surface area contributed by atoms with E-state index in [0.29, 0.717) is 5.75 Å². The average Bonchev–Trinajstić information content (AvgIpc) is 2.56. The lowest BCUT2D eigenvalue weighted by atomic mass is 10.1. The summed E-state index contributed by atoms with van der Waals surface area (Å²) in [7, 11) is 0. The summed E-state index contributed by atoms with van der Waals surface area (Å²) < 4.78 is 5.71. The molecule has 0 radical (unpaired) electrons. The molecule has 2 atom stereocenters. The summed E-state index contributed by atoms with van der Waals surface area (Å²) >= 11 is 0. The van der Waals surface area contributed by atoms with Gasteiger partial charge >= 0.3 is 0 Å². The Morgan fingerprint density at radius 2 is 1.83 bits per heavy atom. The van der Waals surface area contributed by atoms with Gasteiger partial charge in [0, 0.05) is 12.1 Å². The van der Waals surface area contributed by atoms with E-state index in [0.717, 1.165) is 32.1 Å². The SMILES string of the molecule is O=[N+]([O-])c1ccc(OC2CCCCCC2O)cc1. The van der Waals surface area contributed by atoms with Crippen molar-refractivity contribution >= 4 is 5.69 Å². The first kappa shape index (κ1) is 12.8. The number of ether oxygens (including phenoxy) is 1. The average molecular weight is 251 g/mol. The normalized spacial score (nSPS) is 24.3.